The third-order valence-electron chi connectivity index (χ3n) is 2.69. The maximum Gasteiger partial charge on any atom is 0.311 e. The largest absolute Gasteiger partial charge is 0.497 e. The molecule has 0 aliphatic rings. The van der Waals surface area contributed by atoms with Crippen molar-refractivity contribution in [3.63, 3.8) is 0 Å². The first-order valence-electron chi connectivity index (χ1n) is 5.86. The molecule has 100 valence electrons. The Bertz CT molecular complexity index is 663. The number of esters is 1. The number of rotatable bonds is 4. The Labute approximate surface area is 109 Å². The standard InChI is InChI=1S/C13H14N2O4/c1-3-19-12(16)7-11-10-6-8(18-2)4-5-9(10)13(17)15-14-11/h4-6H,3,7H2,1-2H3,(H,15,17). The highest BCUT2D eigenvalue weighted by Gasteiger charge is 2.12. The second-order valence-corrected chi connectivity index (χ2v) is 3.89. The summed E-state index contributed by atoms with van der Waals surface area (Å²) in [5, 5.41) is 7.35. The van der Waals surface area contributed by atoms with Gasteiger partial charge in [-0.1, -0.05) is 0 Å². The van der Waals surface area contributed by atoms with E-state index in [4.69, 9.17) is 9.47 Å². The normalized spacial score (nSPS) is 10.4. The first kappa shape index (κ1) is 13.1. The predicted molar refractivity (Wildman–Crippen MR) is 69.3 cm³/mol. The molecule has 1 heterocycles. The Morgan fingerprint density at radius 2 is 2.16 bits per heavy atom. The Morgan fingerprint density at radius 1 is 1.37 bits per heavy atom. The van der Waals surface area contributed by atoms with Gasteiger partial charge in [-0.2, -0.15) is 5.10 Å². The summed E-state index contributed by atoms with van der Waals surface area (Å²) >= 11 is 0. The first-order valence-corrected chi connectivity index (χ1v) is 5.86. The number of fused-ring (bicyclic) bond motifs is 1. The van der Waals surface area contributed by atoms with Gasteiger partial charge in [0.15, 0.2) is 0 Å². The number of aromatic amines is 1. The van der Waals surface area contributed by atoms with Crippen molar-refractivity contribution in [2.75, 3.05) is 13.7 Å². The van der Waals surface area contributed by atoms with Gasteiger partial charge in [0, 0.05) is 5.39 Å². The summed E-state index contributed by atoms with van der Waals surface area (Å²) in [6.45, 7) is 2.04. The van der Waals surface area contributed by atoms with Crippen LogP contribution in [0.15, 0.2) is 23.0 Å². The number of carbonyl (C=O) groups is 1. The fourth-order valence-corrected chi connectivity index (χ4v) is 1.81. The maximum absolute atomic E-state index is 11.7. The minimum atomic E-state index is -0.383. The van der Waals surface area contributed by atoms with E-state index in [0.717, 1.165) is 0 Å². The number of H-pyrrole nitrogens is 1. The second kappa shape index (κ2) is 5.51. The lowest BCUT2D eigenvalue weighted by atomic mass is 10.1. The third kappa shape index (κ3) is 2.73. The summed E-state index contributed by atoms with van der Waals surface area (Å²) in [4.78, 5) is 23.2. The van der Waals surface area contributed by atoms with Crippen LogP contribution >= 0.6 is 0 Å². The van der Waals surface area contributed by atoms with Crippen LogP contribution in [-0.2, 0) is 16.0 Å². The van der Waals surface area contributed by atoms with E-state index in [9.17, 15) is 9.59 Å². The van der Waals surface area contributed by atoms with Gasteiger partial charge in [0.1, 0.15) is 5.75 Å². The van der Waals surface area contributed by atoms with Crippen LogP contribution in [0.1, 0.15) is 12.6 Å². The van der Waals surface area contributed by atoms with Gasteiger partial charge in [0.2, 0.25) is 0 Å². The van der Waals surface area contributed by atoms with E-state index in [-0.39, 0.29) is 17.9 Å². The number of hydrogen-bond donors (Lipinski definition) is 1. The van der Waals surface area contributed by atoms with Crippen molar-refractivity contribution in [1.82, 2.24) is 10.2 Å². The topological polar surface area (TPSA) is 81.3 Å². The molecule has 0 aliphatic carbocycles. The average molecular weight is 262 g/mol. The summed E-state index contributed by atoms with van der Waals surface area (Å²) < 4.78 is 9.99. The lowest BCUT2D eigenvalue weighted by Gasteiger charge is -2.06. The number of methoxy groups -OCH3 is 1. The molecular formula is C13H14N2O4. The Morgan fingerprint density at radius 3 is 2.84 bits per heavy atom. The number of ether oxygens (including phenoxy) is 2. The monoisotopic (exact) mass is 262 g/mol. The molecule has 0 atom stereocenters. The zero-order valence-corrected chi connectivity index (χ0v) is 10.7. The van der Waals surface area contributed by atoms with Gasteiger partial charge in [-0.15, -0.1) is 0 Å². The molecule has 19 heavy (non-hydrogen) atoms. The highest BCUT2D eigenvalue weighted by atomic mass is 16.5. The van der Waals surface area contributed by atoms with Gasteiger partial charge >= 0.3 is 5.97 Å². The van der Waals surface area contributed by atoms with E-state index in [1.54, 1.807) is 25.1 Å². The molecule has 2 aromatic rings. The van der Waals surface area contributed by atoms with Gasteiger partial charge < -0.3 is 9.47 Å². The van der Waals surface area contributed by atoms with Crippen molar-refractivity contribution in [1.29, 1.82) is 0 Å². The highest BCUT2D eigenvalue weighted by molar-refractivity contribution is 5.88. The summed E-state index contributed by atoms with van der Waals surface area (Å²) in [6.07, 6.45) is 0.00822. The van der Waals surface area contributed by atoms with E-state index in [1.807, 2.05) is 0 Å². The van der Waals surface area contributed by atoms with E-state index < -0.39 is 0 Å². The van der Waals surface area contributed by atoms with Crippen LogP contribution in [0.25, 0.3) is 10.8 Å². The quantitative estimate of drug-likeness (QED) is 0.832. The summed E-state index contributed by atoms with van der Waals surface area (Å²) in [6, 6.07) is 5.02. The first-order chi connectivity index (χ1) is 9.15. The van der Waals surface area contributed by atoms with Crippen molar-refractivity contribution >= 4 is 16.7 Å². The van der Waals surface area contributed by atoms with Crippen LogP contribution in [0, 0.1) is 0 Å². The lowest BCUT2D eigenvalue weighted by molar-refractivity contribution is -0.142. The second-order valence-electron chi connectivity index (χ2n) is 3.89. The number of benzene rings is 1. The summed E-state index contributed by atoms with van der Waals surface area (Å²) in [5.41, 5.74) is 0.164. The van der Waals surface area contributed by atoms with Crippen LogP contribution in [0.3, 0.4) is 0 Å². The van der Waals surface area contributed by atoms with Gasteiger partial charge in [-0.3, -0.25) is 9.59 Å². The Hall–Kier alpha value is -2.37. The summed E-state index contributed by atoms with van der Waals surface area (Å²) in [5.74, 6) is 0.219. The molecule has 0 aliphatic heterocycles. The number of aromatic nitrogens is 2. The van der Waals surface area contributed by atoms with Crippen LogP contribution in [-0.4, -0.2) is 29.9 Å². The van der Waals surface area contributed by atoms with Gasteiger partial charge in [-0.25, -0.2) is 5.10 Å². The molecule has 0 radical (unpaired) electrons. The molecule has 2 rings (SSSR count). The molecule has 0 saturated heterocycles. The van der Waals surface area contributed by atoms with Gasteiger partial charge in [-0.05, 0) is 25.1 Å². The van der Waals surface area contributed by atoms with E-state index in [0.29, 0.717) is 28.8 Å². The fraction of sp³-hybridized carbons (Fsp3) is 0.308. The van der Waals surface area contributed by atoms with Crippen LogP contribution in [0.5, 0.6) is 5.75 Å². The molecule has 1 N–H and O–H groups in total. The number of nitrogens with zero attached hydrogens (tertiary/aromatic N) is 1. The van der Waals surface area contributed by atoms with Crippen molar-refractivity contribution in [3.05, 3.63) is 34.2 Å². The number of nitrogens with one attached hydrogen (secondary N) is 1. The molecule has 1 aromatic carbocycles. The minimum absolute atomic E-state index is 0.00822. The molecule has 0 fully saturated rings. The van der Waals surface area contributed by atoms with Gasteiger partial charge in [0.25, 0.3) is 5.56 Å². The minimum Gasteiger partial charge on any atom is -0.497 e. The Balaban J connectivity index is 2.51. The average Bonchev–Trinajstić information content (AvgIpc) is 2.42. The van der Waals surface area contributed by atoms with Crippen molar-refractivity contribution in [3.8, 4) is 5.75 Å². The highest BCUT2D eigenvalue weighted by Crippen LogP contribution is 2.20. The van der Waals surface area contributed by atoms with Crippen LogP contribution in [0.4, 0.5) is 0 Å². The van der Waals surface area contributed by atoms with Crippen molar-refractivity contribution in [2.24, 2.45) is 0 Å². The molecule has 0 unspecified atom stereocenters. The van der Waals surface area contributed by atoms with E-state index in [2.05, 4.69) is 10.2 Å². The zero-order chi connectivity index (χ0) is 13.8. The molecule has 0 saturated carbocycles. The smallest absolute Gasteiger partial charge is 0.311 e. The van der Waals surface area contributed by atoms with Crippen molar-refractivity contribution in [2.45, 2.75) is 13.3 Å². The Kier molecular flexibility index (Phi) is 3.79. The molecule has 0 bridgehead atoms. The van der Waals surface area contributed by atoms with E-state index in [1.165, 1.54) is 7.11 Å². The number of hydrogen-bond acceptors (Lipinski definition) is 5. The third-order valence-corrected chi connectivity index (χ3v) is 2.69. The van der Waals surface area contributed by atoms with Crippen LogP contribution in [0.2, 0.25) is 0 Å². The van der Waals surface area contributed by atoms with Crippen LogP contribution < -0.4 is 10.3 Å². The molecule has 1 aromatic heterocycles. The lowest BCUT2D eigenvalue weighted by Crippen LogP contribution is -2.15. The fourth-order valence-electron chi connectivity index (χ4n) is 1.81. The molecular weight excluding hydrogens is 248 g/mol. The predicted octanol–water partition coefficient (Wildman–Crippen LogP) is 1.04. The number of carbonyl (C=O) groups excluding carboxylic acids is 1. The maximum atomic E-state index is 11.7. The molecule has 6 nitrogen and oxygen atoms in total. The SMILES string of the molecule is CCOC(=O)Cc1n[nH]c(=O)c2ccc(OC)cc12. The summed E-state index contributed by atoms with van der Waals surface area (Å²) in [7, 11) is 1.53. The molecule has 0 spiro atoms. The van der Waals surface area contributed by atoms with Crippen molar-refractivity contribution < 1.29 is 14.3 Å². The molecule has 6 heteroatoms. The molecule has 0 amide bonds. The zero-order valence-electron chi connectivity index (χ0n) is 10.7. The van der Waals surface area contributed by atoms with E-state index >= 15 is 0 Å². The van der Waals surface area contributed by atoms with Gasteiger partial charge in [0.05, 0.1) is 31.2 Å².